The Balaban J connectivity index is 1.38. The summed E-state index contributed by atoms with van der Waals surface area (Å²) in [6.07, 6.45) is -4.48. The minimum atomic E-state index is -1.28. The quantitative estimate of drug-likeness (QED) is 0.581. The van der Waals surface area contributed by atoms with Crippen molar-refractivity contribution in [1.29, 1.82) is 0 Å². The fourth-order valence-electron chi connectivity index (χ4n) is 7.37. The minimum Gasteiger partial charge on any atom is -0.465 e. The first-order valence-electron chi connectivity index (χ1n) is 12.5. The van der Waals surface area contributed by atoms with Crippen LogP contribution in [-0.4, -0.2) is 79.0 Å². The van der Waals surface area contributed by atoms with E-state index >= 15 is 0 Å². The summed E-state index contributed by atoms with van der Waals surface area (Å²) in [4.78, 5) is 25.8. The normalized spacial score (nSPS) is 42.1. The Morgan fingerprint density at radius 3 is 2.39 bits per heavy atom. The maximum atomic E-state index is 13.3. The summed E-state index contributed by atoms with van der Waals surface area (Å²) in [6, 6.07) is 9.55. The number of hydrogen-bond acceptors (Lipinski definition) is 10. The molecule has 5 fully saturated rings. The lowest BCUT2D eigenvalue weighted by Gasteiger charge is -2.66. The van der Waals surface area contributed by atoms with E-state index in [4.69, 9.17) is 28.4 Å². The molecule has 2 bridgehead atoms. The molecular formula is C26H32O10. The second kappa shape index (κ2) is 8.39. The van der Waals surface area contributed by atoms with E-state index in [1.54, 1.807) is 13.8 Å². The summed E-state index contributed by atoms with van der Waals surface area (Å²) in [5.41, 5.74) is -1.13. The summed E-state index contributed by atoms with van der Waals surface area (Å²) in [5, 5.41) is 23.1. The van der Waals surface area contributed by atoms with E-state index in [2.05, 4.69) is 0 Å². The van der Waals surface area contributed by atoms with Gasteiger partial charge in [-0.2, -0.15) is 0 Å². The van der Waals surface area contributed by atoms with Crippen LogP contribution >= 0.6 is 0 Å². The highest BCUT2D eigenvalue weighted by molar-refractivity contribution is 5.77. The van der Waals surface area contributed by atoms with Crippen LogP contribution in [0.3, 0.4) is 0 Å². The molecule has 3 aliphatic heterocycles. The van der Waals surface area contributed by atoms with Crippen LogP contribution in [0.15, 0.2) is 30.3 Å². The molecule has 2 saturated carbocycles. The zero-order chi connectivity index (χ0) is 25.3. The van der Waals surface area contributed by atoms with Gasteiger partial charge in [-0.1, -0.05) is 30.3 Å². The summed E-state index contributed by atoms with van der Waals surface area (Å²) in [6.45, 7) is 4.08. The molecule has 10 nitrogen and oxygen atoms in total. The van der Waals surface area contributed by atoms with Crippen molar-refractivity contribution in [1.82, 2.24) is 0 Å². The van der Waals surface area contributed by atoms with Crippen molar-refractivity contribution in [3.8, 4) is 0 Å². The Morgan fingerprint density at radius 1 is 0.972 bits per heavy atom. The van der Waals surface area contributed by atoms with Gasteiger partial charge in [0.05, 0.1) is 55.4 Å². The second-order valence-corrected chi connectivity index (χ2v) is 11.2. The standard InChI is InChI=1S/C26H32O10/c1-24(2)33-11-25(12-34-24)16-8-17(36-23(30)35-16)26-13-32-22(29)18(26)15(19(27)20(28)21(25)26)10-31-9-14-6-4-3-5-7-14/h3-7,15-21,27-28H,8-13H2,1-2H3/t15-,16-,17+,18-,19+,20+,21+,26-/m1/s1. The third-order valence-corrected chi connectivity index (χ3v) is 9.00. The van der Waals surface area contributed by atoms with Gasteiger partial charge in [0, 0.05) is 18.3 Å². The average Bonchev–Trinajstić information content (AvgIpc) is 3.19. The van der Waals surface area contributed by atoms with Crippen LogP contribution in [0.25, 0.3) is 0 Å². The van der Waals surface area contributed by atoms with E-state index in [0.717, 1.165) is 5.56 Å². The lowest BCUT2D eigenvalue weighted by Crippen LogP contribution is -2.77. The van der Waals surface area contributed by atoms with Crippen LogP contribution in [0.5, 0.6) is 0 Å². The van der Waals surface area contributed by atoms with E-state index in [1.807, 2.05) is 30.3 Å². The molecule has 2 aliphatic carbocycles. The zero-order valence-electron chi connectivity index (χ0n) is 20.3. The third-order valence-electron chi connectivity index (χ3n) is 9.00. The SMILES string of the molecule is CC1(C)OCC2(CO1)[C@H]1C[C@H](OC(=O)O1)[C@]13COC(=O)[C@H]1[C@@H](COCc1ccccc1)[C@H](O)[C@H](O)[C@@H]23. The van der Waals surface area contributed by atoms with Gasteiger partial charge in [0.2, 0.25) is 0 Å². The van der Waals surface area contributed by atoms with Crippen molar-refractivity contribution < 1.29 is 48.2 Å². The van der Waals surface area contributed by atoms with Crippen LogP contribution in [0, 0.1) is 28.6 Å². The van der Waals surface area contributed by atoms with Gasteiger partial charge < -0.3 is 38.6 Å². The maximum Gasteiger partial charge on any atom is 0.508 e. The lowest BCUT2D eigenvalue weighted by molar-refractivity contribution is -0.365. The van der Waals surface area contributed by atoms with Crippen LogP contribution in [0.1, 0.15) is 25.8 Å². The van der Waals surface area contributed by atoms with Crippen LogP contribution in [-0.2, 0) is 39.8 Å². The number of hydrogen-bond donors (Lipinski definition) is 2. The molecule has 0 radical (unpaired) electrons. The summed E-state index contributed by atoms with van der Waals surface area (Å²) in [5.74, 6) is -3.70. The molecule has 5 aliphatic rings. The number of aliphatic hydroxyl groups excluding tert-OH is 2. The molecule has 36 heavy (non-hydrogen) atoms. The molecule has 196 valence electrons. The Kier molecular flexibility index (Phi) is 5.62. The fraction of sp³-hybridized carbons (Fsp3) is 0.692. The molecule has 0 amide bonds. The average molecular weight is 505 g/mol. The smallest absolute Gasteiger partial charge is 0.465 e. The number of rotatable bonds is 4. The largest absolute Gasteiger partial charge is 0.508 e. The predicted molar refractivity (Wildman–Crippen MR) is 120 cm³/mol. The molecule has 0 unspecified atom stereocenters. The van der Waals surface area contributed by atoms with E-state index in [1.165, 1.54) is 0 Å². The van der Waals surface area contributed by atoms with Crippen molar-refractivity contribution >= 4 is 12.1 Å². The molecular weight excluding hydrogens is 472 g/mol. The number of aliphatic hydroxyl groups is 2. The fourth-order valence-corrected chi connectivity index (χ4v) is 7.37. The van der Waals surface area contributed by atoms with Gasteiger partial charge in [0.25, 0.3) is 0 Å². The number of benzene rings is 1. The lowest BCUT2D eigenvalue weighted by atomic mass is 9.42. The Labute approximate surface area is 208 Å². The van der Waals surface area contributed by atoms with Gasteiger partial charge in [-0.25, -0.2) is 4.79 Å². The van der Waals surface area contributed by atoms with E-state index in [9.17, 15) is 19.8 Å². The zero-order valence-corrected chi connectivity index (χ0v) is 20.3. The van der Waals surface area contributed by atoms with Crippen molar-refractivity contribution in [3.63, 3.8) is 0 Å². The van der Waals surface area contributed by atoms with Crippen molar-refractivity contribution in [2.75, 3.05) is 26.4 Å². The molecule has 2 N–H and O–H groups in total. The predicted octanol–water partition coefficient (Wildman–Crippen LogP) is 1.41. The van der Waals surface area contributed by atoms with E-state index in [0.29, 0.717) is 6.42 Å². The molecule has 10 heteroatoms. The van der Waals surface area contributed by atoms with Crippen LogP contribution in [0.4, 0.5) is 4.79 Å². The number of carbonyl (C=O) groups is 2. The minimum absolute atomic E-state index is 0.0228. The first-order chi connectivity index (χ1) is 17.2. The monoisotopic (exact) mass is 504 g/mol. The number of carbonyl (C=O) groups excluding carboxylic acids is 2. The molecule has 3 saturated heterocycles. The van der Waals surface area contributed by atoms with Crippen molar-refractivity contribution in [3.05, 3.63) is 35.9 Å². The van der Waals surface area contributed by atoms with Gasteiger partial charge in [0.15, 0.2) is 5.79 Å². The van der Waals surface area contributed by atoms with Crippen LogP contribution < -0.4 is 0 Å². The second-order valence-electron chi connectivity index (χ2n) is 11.2. The Hall–Kier alpha value is -2.24. The molecule has 2 spiro atoms. The number of cyclic esters (lactones) is 1. The summed E-state index contributed by atoms with van der Waals surface area (Å²) >= 11 is 0. The highest BCUT2D eigenvalue weighted by Crippen LogP contribution is 2.66. The molecule has 1 aromatic carbocycles. The Morgan fingerprint density at radius 2 is 1.67 bits per heavy atom. The van der Waals surface area contributed by atoms with Gasteiger partial charge in [0.1, 0.15) is 18.8 Å². The van der Waals surface area contributed by atoms with Gasteiger partial charge in [-0.15, -0.1) is 0 Å². The first kappa shape index (κ1) is 24.1. The molecule has 0 aromatic heterocycles. The number of esters is 1. The molecule has 8 atom stereocenters. The number of fused-ring (bicyclic) bond motifs is 4. The van der Waals surface area contributed by atoms with E-state index < -0.39 is 70.9 Å². The highest BCUT2D eigenvalue weighted by Gasteiger charge is 2.78. The summed E-state index contributed by atoms with van der Waals surface area (Å²) < 4.78 is 34.9. The first-order valence-corrected chi connectivity index (χ1v) is 12.5. The summed E-state index contributed by atoms with van der Waals surface area (Å²) in [7, 11) is 0. The third kappa shape index (κ3) is 3.42. The molecule has 6 rings (SSSR count). The van der Waals surface area contributed by atoms with Gasteiger partial charge in [-0.3, -0.25) is 4.79 Å². The van der Waals surface area contributed by atoms with Crippen molar-refractivity contribution in [2.45, 2.75) is 57.1 Å². The molecule has 1 aromatic rings. The maximum absolute atomic E-state index is 13.3. The van der Waals surface area contributed by atoms with Gasteiger partial charge in [-0.05, 0) is 19.4 Å². The van der Waals surface area contributed by atoms with Crippen molar-refractivity contribution in [2.24, 2.45) is 28.6 Å². The highest BCUT2D eigenvalue weighted by atomic mass is 16.8. The van der Waals surface area contributed by atoms with E-state index in [-0.39, 0.29) is 33.0 Å². The number of ether oxygens (including phenoxy) is 6. The Bertz CT molecular complexity index is 1020. The topological polar surface area (TPSA) is 130 Å². The molecule has 3 heterocycles. The van der Waals surface area contributed by atoms with Crippen LogP contribution in [0.2, 0.25) is 0 Å². The van der Waals surface area contributed by atoms with Gasteiger partial charge >= 0.3 is 12.1 Å².